The van der Waals surface area contributed by atoms with Gasteiger partial charge in [-0.25, -0.2) is 0 Å². The molecular formula is C26H26N4O3S. The van der Waals surface area contributed by atoms with Crippen molar-refractivity contribution >= 4 is 22.9 Å². The zero-order chi connectivity index (χ0) is 23.8. The summed E-state index contributed by atoms with van der Waals surface area (Å²) in [5, 5.41) is 12.4. The van der Waals surface area contributed by atoms with Gasteiger partial charge in [0.15, 0.2) is 0 Å². The third-order valence-electron chi connectivity index (χ3n) is 5.18. The number of rotatable bonds is 10. The number of nitrogens with zero attached hydrogens (tertiary/aromatic N) is 3. The fourth-order valence-electron chi connectivity index (χ4n) is 3.46. The smallest absolute Gasteiger partial charge is 0.286 e. The lowest BCUT2D eigenvalue weighted by Crippen LogP contribution is -2.22. The zero-order valence-electron chi connectivity index (χ0n) is 19.1. The van der Waals surface area contributed by atoms with Crippen LogP contribution in [0.4, 0.5) is 5.69 Å². The number of hydrogen-bond acceptors (Lipinski definition) is 7. The van der Waals surface area contributed by atoms with Gasteiger partial charge in [-0.2, -0.15) is 0 Å². The van der Waals surface area contributed by atoms with Crippen LogP contribution in [0.15, 0.2) is 78.9 Å². The Balaban J connectivity index is 1.45. The van der Waals surface area contributed by atoms with Gasteiger partial charge in [0.1, 0.15) is 16.5 Å². The molecule has 0 saturated heterocycles. The van der Waals surface area contributed by atoms with E-state index < -0.39 is 0 Å². The lowest BCUT2D eigenvalue weighted by molar-refractivity contribution is 0.102. The minimum Gasteiger partial charge on any atom is -0.497 e. The van der Waals surface area contributed by atoms with E-state index in [1.165, 1.54) is 22.5 Å². The first-order valence-corrected chi connectivity index (χ1v) is 11.6. The second kappa shape index (κ2) is 11.4. The van der Waals surface area contributed by atoms with Crippen LogP contribution in [0.1, 0.15) is 25.9 Å². The van der Waals surface area contributed by atoms with Crippen molar-refractivity contribution in [3.8, 4) is 11.5 Å². The van der Waals surface area contributed by atoms with Crippen LogP contribution in [0.5, 0.6) is 11.5 Å². The Morgan fingerprint density at radius 2 is 1.38 bits per heavy atom. The summed E-state index contributed by atoms with van der Waals surface area (Å²) in [6, 6.07) is 25.5. The monoisotopic (exact) mass is 474 g/mol. The molecule has 174 valence electrons. The highest BCUT2D eigenvalue weighted by molar-refractivity contribution is 7.13. The number of methoxy groups -OCH3 is 2. The number of ether oxygens (including phenoxy) is 2. The van der Waals surface area contributed by atoms with E-state index in [4.69, 9.17) is 9.47 Å². The van der Waals surface area contributed by atoms with E-state index in [0.29, 0.717) is 17.2 Å². The second-order valence-corrected chi connectivity index (χ2v) is 8.72. The molecule has 34 heavy (non-hydrogen) atoms. The van der Waals surface area contributed by atoms with E-state index >= 15 is 0 Å². The normalized spacial score (nSPS) is 10.8. The molecule has 0 atom stereocenters. The molecule has 0 aliphatic rings. The Bertz CT molecular complexity index is 1190. The van der Waals surface area contributed by atoms with Crippen LogP contribution < -0.4 is 14.8 Å². The van der Waals surface area contributed by atoms with Crippen LogP contribution >= 0.6 is 11.3 Å². The number of carbonyl (C=O) groups is 1. The maximum atomic E-state index is 12.7. The van der Waals surface area contributed by atoms with E-state index in [9.17, 15) is 4.79 Å². The van der Waals surface area contributed by atoms with Crippen molar-refractivity contribution in [1.82, 2.24) is 15.1 Å². The van der Waals surface area contributed by atoms with Crippen molar-refractivity contribution in [3.05, 3.63) is 100 Å². The van der Waals surface area contributed by atoms with Crippen LogP contribution in [0, 0.1) is 0 Å². The highest BCUT2D eigenvalue weighted by Gasteiger charge is 2.16. The van der Waals surface area contributed by atoms with Crippen molar-refractivity contribution in [2.75, 3.05) is 19.5 Å². The summed E-state index contributed by atoms with van der Waals surface area (Å²) in [5.41, 5.74) is 3.05. The number of benzene rings is 3. The highest BCUT2D eigenvalue weighted by atomic mass is 32.1. The van der Waals surface area contributed by atoms with E-state index in [1.807, 2.05) is 30.3 Å². The number of nitrogens with one attached hydrogen (secondary N) is 1. The first kappa shape index (κ1) is 23.4. The van der Waals surface area contributed by atoms with E-state index in [-0.39, 0.29) is 5.91 Å². The Kier molecular flexibility index (Phi) is 7.85. The minimum absolute atomic E-state index is 0.279. The fourth-order valence-corrected chi connectivity index (χ4v) is 4.24. The number of amides is 1. The molecule has 7 nitrogen and oxygen atoms in total. The molecule has 4 aromatic rings. The van der Waals surface area contributed by atoms with Gasteiger partial charge in [0.25, 0.3) is 5.91 Å². The molecule has 0 radical (unpaired) electrons. The molecule has 1 heterocycles. The molecule has 8 heteroatoms. The molecule has 1 aromatic heterocycles. The molecule has 1 amide bonds. The third kappa shape index (κ3) is 6.40. The molecule has 0 saturated carbocycles. The maximum absolute atomic E-state index is 12.7. The van der Waals surface area contributed by atoms with Crippen molar-refractivity contribution in [3.63, 3.8) is 0 Å². The lowest BCUT2D eigenvalue weighted by Gasteiger charge is -2.21. The van der Waals surface area contributed by atoms with Crippen LogP contribution in [0.3, 0.4) is 0 Å². The van der Waals surface area contributed by atoms with Gasteiger partial charge in [0, 0.05) is 18.8 Å². The number of aromatic nitrogens is 2. The fraction of sp³-hybridized carbons (Fsp3) is 0.192. The topological polar surface area (TPSA) is 76.6 Å². The van der Waals surface area contributed by atoms with Crippen molar-refractivity contribution in [2.45, 2.75) is 19.6 Å². The molecule has 0 unspecified atom stereocenters. The third-order valence-corrected chi connectivity index (χ3v) is 6.09. The molecular weight excluding hydrogens is 448 g/mol. The second-order valence-electron chi connectivity index (χ2n) is 7.66. The van der Waals surface area contributed by atoms with Gasteiger partial charge in [-0.3, -0.25) is 9.69 Å². The van der Waals surface area contributed by atoms with E-state index in [0.717, 1.165) is 29.6 Å². The van der Waals surface area contributed by atoms with Crippen LogP contribution in [-0.2, 0) is 19.6 Å². The average molecular weight is 475 g/mol. The highest BCUT2D eigenvalue weighted by Crippen LogP contribution is 2.20. The Labute approximate surface area is 203 Å². The molecule has 4 rings (SSSR count). The van der Waals surface area contributed by atoms with Crippen molar-refractivity contribution in [1.29, 1.82) is 0 Å². The summed E-state index contributed by atoms with van der Waals surface area (Å²) in [7, 11) is 3.26. The Hall–Kier alpha value is -3.75. The van der Waals surface area contributed by atoms with Crippen LogP contribution in [0.25, 0.3) is 0 Å². The summed E-state index contributed by atoms with van der Waals surface area (Å²) < 4.78 is 10.4. The quantitative estimate of drug-likeness (QED) is 0.348. The number of anilines is 1. The summed E-state index contributed by atoms with van der Waals surface area (Å²) in [6.07, 6.45) is 0. The van der Waals surface area contributed by atoms with Gasteiger partial charge < -0.3 is 14.8 Å². The van der Waals surface area contributed by atoms with Crippen molar-refractivity contribution < 1.29 is 14.3 Å². The molecule has 0 spiro atoms. The van der Waals surface area contributed by atoms with Crippen LogP contribution in [0.2, 0.25) is 0 Å². The van der Waals surface area contributed by atoms with Crippen molar-refractivity contribution in [2.24, 2.45) is 0 Å². The van der Waals surface area contributed by atoms with Gasteiger partial charge in [0.05, 0.1) is 20.8 Å². The SMILES string of the molecule is COc1ccc(CN(Cc2ccccc2)Cc2nnc(C(=O)Nc3ccc(OC)cc3)s2)cc1. The van der Waals surface area contributed by atoms with Gasteiger partial charge >= 0.3 is 0 Å². The van der Waals surface area contributed by atoms with Gasteiger partial charge in [-0.15, -0.1) is 10.2 Å². The van der Waals surface area contributed by atoms with E-state index in [1.54, 1.807) is 38.5 Å². The molecule has 3 aromatic carbocycles. The zero-order valence-corrected chi connectivity index (χ0v) is 19.9. The number of hydrogen-bond donors (Lipinski definition) is 1. The van der Waals surface area contributed by atoms with E-state index in [2.05, 4.69) is 44.7 Å². The summed E-state index contributed by atoms with van der Waals surface area (Å²) in [6.45, 7) is 2.06. The minimum atomic E-state index is -0.279. The Morgan fingerprint density at radius 3 is 2.00 bits per heavy atom. The Morgan fingerprint density at radius 1 is 0.794 bits per heavy atom. The molecule has 0 fully saturated rings. The first-order chi connectivity index (χ1) is 16.6. The molecule has 0 aliphatic carbocycles. The largest absolute Gasteiger partial charge is 0.497 e. The standard InChI is InChI=1S/C26H26N4O3S/c1-32-22-12-8-20(9-13-22)17-30(16-19-6-4-3-5-7-19)18-24-28-29-26(34-24)25(31)27-21-10-14-23(33-2)15-11-21/h3-15H,16-18H2,1-2H3,(H,27,31). The maximum Gasteiger partial charge on any atom is 0.286 e. The summed E-state index contributed by atoms with van der Waals surface area (Å²) in [5.74, 6) is 1.28. The molecule has 0 bridgehead atoms. The van der Waals surface area contributed by atoms with Gasteiger partial charge in [0.2, 0.25) is 5.01 Å². The van der Waals surface area contributed by atoms with Gasteiger partial charge in [-0.05, 0) is 47.5 Å². The molecule has 1 N–H and O–H groups in total. The van der Waals surface area contributed by atoms with Gasteiger partial charge in [-0.1, -0.05) is 53.8 Å². The van der Waals surface area contributed by atoms with Crippen LogP contribution in [-0.4, -0.2) is 35.2 Å². The number of carbonyl (C=O) groups excluding carboxylic acids is 1. The predicted molar refractivity (Wildman–Crippen MR) is 133 cm³/mol. The predicted octanol–water partition coefficient (Wildman–Crippen LogP) is 5.01. The summed E-state index contributed by atoms with van der Waals surface area (Å²) >= 11 is 1.30. The lowest BCUT2D eigenvalue weighted by atomic mass is 10.1. The summed E-state index contributed by atoms with van der Waals surface area (Å²) in [4.78, 5) is 14.9. The first-order valence-electron chi connectivity index (χ1n) is 10.8. The average Bonchev–Trinajstić information content (AvgIpc) is 3.34. The molecule has 0 aliphatic heterocycles.